The van der Waals surface area contributed by atoms with Gasteiger partial charge >= 0.3 is 19.8 Å². The number of nitrogens with zero attached hydrogens (tertiary/aromatic N) is 1. The summed E-state index contributed by atoms with van der Waals surface area (Å²) in [5.74, 6) is -0.791. The molecule has 10 heteroatoms. The third kappa shape index (κ3) is 49.4. The van der Waals surface area contributed by atoms with E-state index < -0.39 is 26.5 Å². The Kier molecular flexibility index (Phi) is 44.6. The van der Waals surface area contributed by atoms with Gasteiger partial charge in [-0.2, -0.15) is 0 Å². The Labute approximate surface area is 394 Å². The highest BCUT2D eigenvalue weighted by atomic mass is 31.2. The molecule has 0 saturated heterocycles. The number of phosphoric ester groups is 1. The van der Waals surface area contributed by atoms with E-state index in [-0.39, 0.29) is 25.6 Å². The first-order valence-electron chi connectivity index (χ1n) is 26.4. The second-order valence-corrected chi connectivity index (χ2v) is 20.3. The topological polar surface area (TPSA) is 108 Å². The zero-order chi connectivity index (χ0) is 47.1. The second kappa shape index (κ2) is 46.1. The summed E-state index contributed by atoms with van der Waals surface area (Å²) in [5.41, 5.74) is 0. The molecule has 64 heavy (non-hydrogen) atoms. The van der Waals surface area contributed by atoms with Crippen molar-refractivity contribution in [3.8, 4) is 0 Å². The molecule has 374 valence electrons. The summed E-state index contributed by atoms with van der Waals surface area (Å²) >= 11 is 0. The number of likely N-dealkylation sites (N-methyl/N-ethyl adjacent to an activating group) is 1. The minimum Gasteiger partial charge on any atom is -0.462 e. The number of carbonyl (C=O) groups excluding carboxylic acids is 2. The van der Waals surface area contributed by atoms with E-state index >= 15 is 0 Å². The Morgan fingerprint density at radius 2 is 0.891 bits per heavy atom. The van der Waals surface area contributed by atoms with Crippen LogP contribution in [0.25, 0.3) is 0 Å². The van der Waals surface area contributed by atoms with Crippen LogP contribution in [0, 0.1) is 0 Å². The number of ether oxygens (including phenoxy) is 2. The second-order valence-electron chi connectivity index (χ2n) is 18.9. The number of quaternary nitrogens is 1. The summed E-state index contributed by atoms with van der Waals surface area (Å²) in [6.07, 6.45) is 56.0. The lowest BCUT2D eigenvalue weighted by Crippen LogP contribution is -2.37. The molecule has 0 heterocycles. The van der Waals surface area contributed by atoms with Gasteiger partial charge in [0.2, 0.25) is 0 Å². The minimum absolute atomic E-state index is 0.0326. The normalized spacial score (nSPS) is 13.8. The molecule has 0 amide bonds. The molecule has 0 rings (SSSR count). The van der Waals surface area contributed by atoms with E-state index in [1.165, 1.54) is 141 Å². The molecule has 0 aromatic carbocycles. The third-order valence-corrected chi connectivity index (χ3v) is 12.4. The summed E-state index contributed by atoms with van der Waals surface area (Å²) in [5, 5.41) is 0. The molecule has 0 fully saturated rings. The van der Waals surface area contributed by atoms with Gasteiger partial charge in [-0.25, -0.2) is 4.57 Å². The van der Waals surface area contributed by atoms with Crippen LogP contribution in [0.3, 0.4) is 0 Å². The maximum Gasteiger partial charge on any atom is 0.472 e. The zero-order valence-corrected chi connectivity index (χ0v) is 43.2. The molecule has 2 unspecified atom stereocenters. The fourth-order valence-electron chi connectivity index (χ4n) is 7.30. The fourth-order valence-corrected chi connectivity index (χ4v) is 8.04. The van der Waals surface area contributed by atoms with Gasteiger partial charge in [-0.05, 0) is 51.4 Å². The average molecular weight is 923 g/mol. The van der Waals surface area contributed by atoms with Gasteiger partial charge in [0.1, 0.15) is 19.8 Å². The van der Waals surface area contributed by atoms with Gasteiger partial charge < -0.3 is 18.9 Å². The van der Waals surface area contributed by atoms with Crippen LogP contribution >= 0.6 is 7.82 Å². The zero-order valence-electron chi connectivity index (χ0n) is 42.3. The molecule has 0 spiro atoms. The summed E-state index contributed by atoms with van der Waals surface area (Å²) in [6.45, 7) is 4.34. The SMILES string of the molecule is CC/C=C\C/C=C\C/C=C\C/C=C\CCCCCCCCCCCCCCCCC(=O)OC(COC(=O)CCCCCCCCCCCCCCC)COP(=O)(O)OCC[N+](C)(C)C. The van der Waals surface area contributed by atoms with E-state index in [1.807, 2.05) is 21.1 Å². The molecule has 0 aliphatic rings. The van der Waals surface area contributed by atoms with Crippen molar-refractivity contribution < 1.29 is 42.1 Å². The monoisotopic (exact) mass is 923 g/mol. The van der Waals surface area contributed by atoms with Crippen molar-refractivity contribution in [2.75, 3.05) is 47.5 Å². The number of esters is 2. The van der Waals surface area contributed by atoms with Crippen molar-refractivity contribution in [3.63, 3.8) is 0 Å². The van der Waals surface area contributed by atoms with Crippen LogP contribution in [-0.4, -0.2) is 74.9 Å². The first kappa shape index (κ1) is 62.0. The predicted octanol–water partition coefficient (Wildman–Crippen LogP) is 15.8. The van der Waals surface area contributed by atoms with Gasteiger partial charge in [-0.3, -0.25) is 18.6 Å². The Morgan fingerprint density at radius 3 is 1.33 bits per heavy atom. The molecule has 2 atom stereocenters. The molecular weight excluding hydrogens is 822 g/mol. The number of phosphoric acid groups is 1. The van der Waals surface area contributed by atoms with Gasteiger partial charge in [0, 0.05) is 12.8 Å². The number of unbranched alkanes of at least 4 members (excludes halogenated alkanes) is 26. The van der Waals surface area contributed by atoms with E-state index in [0.29, 0.717) is 23.9 Å². The molecule has 0 aromatic rings. The lowest BCUT2D eigenvalue weighted by molar-refractivity contribution is -0.870. The van der Waals surface area contributed by atoms with Gasteiger partial charge in [-0.1, -0.05) is 217 Å². The van der Waals surface area contributed by atoms with E-state index in [1.54, 1.807) is 0 Å². The van der Waals surface area contributed by atoms with Crippen molar-refractivity contribution in [1.82, 2.24) is 0 Å². The Balaban J connectivity index is 4.13. The van der Waals surface area contributed by atoms with Gasteiger partial charge in [0.15, 0.2) is 6.10 Å². The van der Waals surface area contributed by atoms with Crippen molar-refractivity contribution in [2.45, 2.75) is 238 Å². The molecule has 0 radical (unpaired) electrons. The third-order valence-electron chi connectivity index (χ3n) is 11.4. The van der Waals surface area contributed by atoms with Crippen molar-refractivity contribution in [2.24, 2.45) is 0 Å². The Morgan fingerprint density at radius 1 is 0.500 bits per heavy atom. The molecule has 1 N–H and O–H groups in total. The quantitative estimate of drug-likeness (QED) is 0.0211. The number of carbonyl (C=O) groups is 2. The van der Waals surface area contributed by atoms with Crippen molar-refractivity contribution >= 4 is 19.8 Å². The molecule has 0 aromatic heterocycles. The number of hydrogen-bond acceptors (Lipinski definition) is 7. The Bertz CT molecular complexity index is 1230. The van der Waals surface area contributed by atoms with Crippen LogP contribution in [0.1, 0.15) is 232 Å². The largest absolute Gasteiger partial charge is 0.472 e. The lowest BCUT2D eigenvalue weighted by Gasteiger charge is -2.24. The van der Waals surface area contributed by atoms with Crippen LogP contribution < -0.4 is 0 Å². The van der Waals surface area contributed by atoms with Gasteiger partial charge in [-0.15, -0.1) is 0 Å². The molecule has 0 aliphatic heterocycles. The van der Waals surface area contributed by atoms with E-state index in [4.69, 9.17) is 18.5 Å². The number of allylic oxidation sites excluding steroid dienone is 8. The highest BCUT2D eigenvalue weighted by Gasteiger charge is 2.27. The minimum atomic E-state index is -4.38. The molecule has 0 saturated carbocycles. The van der Waals surface area contributed by atoms with Crippen LogP contribution in [0.15, 0.2) is 48.6 Å². The number of hydrogen-bond donors (Lipinski definition) is 1. The van der Waals surface area contributed by atoms with E-state index in [0.717, 1.165) is 57.8 Å². The lowest BCUT2D eigenvalue weighted by atomic mass is 10.0. The highest BCUT2D eigenvalue weighted by molar-refractivity contribution is 7.47. The fraction of sp³-hybridized carbons (Fsp3) is 0.815. The molecule has 0 aliphatic carbocycles. The first-order valence-corrected chi connectivity index (χ1v) is 27.9. The van der Waals surface area contributed by atoms with Crippen LogP contribution in [0.2, 0.25) is 0 Å². The van der Waals surface area contributed by atoms with Crippen LogP contribution in [-0.2, 0) is 32.7 Å². The van der Waals surface area contributed by atoms with Crippen LogP contribution in [0.5, 0.6) is 0 Å². The maximum absolute atomic E-state index is 12.8. The summed E-state index contributed by atoms with van der Waals surface area (Å²) in [4.78, 5) is 35.5. The predicted molar refractivity (Wildman–Crippen MR) is 270 cm³/mol. The molecule has 9 nitrogen and oxygen atoms in total. The van der Waals surface area contributed by atoms with Crippen molar-refractivity contribution in [3.05, 3.63) is 48.6 Å². The maximum atomic E-state index is 12.8. The van der Waals surface area contributed by atoms with E-state index in [2.05, 4.69) is 62.5 Å². The molecular formula is C54H101NO8P+. The Hall–Kier alpha value is -2.03. The average Bonchev–Trinajstić information content (AvgIpc) is 3.25. The summed E-state index contributed by atoms with van der Waals surface area (Å²) in [7, 11) is 1.48. The summed E-state index contributed by atoms with van der Waals surface area (Å²) in [6, 6.07) is 0. The smallest absolute Gasteiger partial charge is 0.462 e. The first-order chi connectivity index (χ1) is 31.0. The van der Waals surface area contributed by atoms with E-state index in [9.17, 15) is 19.0 Å². The van der Waals surface area contributed by atoms with Crippen LogP contribution in [0.4, 0.5) is 0 Å². The number of rotatable bonds is 48. The van der Waals surface area contributed by atoms with Gasteiger partial charge in [0.05, 0.1) is 27.7 Å². The molecule has 0 bridgehead atoms. The van der Waals surface area contributed by atoms with Gasteiger partial charge in [0.25, 0.3) is 0 Å². The standard InChI is InChI=1S/C54H100NO8P/c1-6-8-10-12-14-16-18-20-21-22-23-24-25-26-27-28-29-30-31-32-33-35-37-39-41-43-45-47-54(57)63-52(51-62-64(58,59)61-49-48-55(3,4)5)50-60-53(56)46-44-42-40-38-36-34-19-17-15-13-11-9-7-2/h8,10,14,16,20-21,23-24,52H,6-7,9,11-13,15,17-19,22,25-51H2,1-5H3/p+1/b10-8-,16-14-,21-20-,24-23-. The summed E-state index contributed by atoms with van der Waals surface area (Å²) < 4.78 is 34.5. The highest BCUT2D eigenvalue weighted by Crippen LogP contribution is 2.43. The van der Waals surface area contributed by atoms with Crippen molar-refractivity contribution in [1.29, 1.82) is 0 Å².